The van der Waals surface area contributed by atoms with Crippen LogP contribution >= 0.6 is 24.8 Å². The van der Waals surface area contributed by atoms with Crippen LogP contribution < -0.4 is 5.73 Å². The monoisotopic (exact) mass is 387 g/mol. The number of carbonyl (C=O) groups excluding carboxylic acids is 1. The molecule has 0 radical (unpaired) electrons. The summed E-state index contributed by atoms with van der Waals surface area (Å²) in [6.07, 6.45) is 5.97. The van der Waals surface area contributed by atoms with Crippen LogP contribution in [-0.2, 0) is 11.3 Å². The van der Waals surface area contributed by atoms with Gasteiger partial charge in [0.05, 0.1) is 5.54 Å². The maximum Gasteiger partial charge on any atom is 0.242 e. The molecule has 0 spiro atoms. The van der Waals surface area contributed by atoms with Crippen LogP contribution in [0.25, 0.3) is 0 Å². The van der Waals surface area contributed by atoms with Gasteiger partial charge in [0.25, 0.3) is 0 Å². The summed E-state index contributed by atoms with van der Waals surface area (Å²) in [7, 11) is 1.95. The van der Waals surface area contributed by atoms with E-state index in [1.807, 2.05) is 11.9 Å². The average Bonchev–Trinajstić information content (AvgIpc) is 3.03. The van der Waals surface area contributed by atoms with Gasteiger partial charge in [-0.25, -0.2) is 0 Å². The van der Waals surface area contributed by atoms with Crippen molar-refractivity contribution in [3.63, 3.8) is 0 Å². The second-order valence-corrected chi connectivity index (χ2v) is 7.27. The Hall–Kier alpha value is -0.810. The lowest BCUT2D eigenvalue weighted by Crippen LogP contribution is -2.56. The number of hydrogen-bond donors (Lipinski definition) is 1. The number of likely N-dealkylation sites (tertiary alicyclic amines) is 1. The van der Waals surface area contributed by atoms with Crippen LogP contribution in [0.3, 0.4) is 0 Å². The van der Waals surface area contributed by atoms with Crippen LogP contribution in [0.15, 0.2) is 30.3 Å². The number of likely N-dealkylation sites (N-methyl/N-ethyl adjacent to an activating group) is 1. The zero-order chi connectivity index (χ0) is 16.3. The highest BCUT2D eigenvalue weighted by Crippen LogP contribution is 2.30. The number of halogens is 2. The molecule has 1 saturated heterocycles. The maximum absolute atomic E-state index is 12.7. The molecule has 2 N–H and O–H groups in total. The SMILES string of the molecule is CN(C(=O)C1(N)CCCC1)C1CCN(Cc2ccccc2)CC1.Cl.Cl. The normalized spacial score (nSPS) is 20.4. The first-order chi connectivity index (χ1) is 11.1. The van der Waals surface area contributed by atoms with Crippen molar-refractivity contribution in [1.82, 2.24) is 9.80 Å². The molecule has 0 atom stereocenters. The van der Waals surface area contributed by atoms with Gasteiger partial charge in [-0.05, 0) is 31.2 Å². The molecule has 2 fully saturated rings. The van der Waals surface area contributed by atoms with Gasteiger partial charge < -0.3 is 10.6 Å². The number of piperidine rings is 1. The van der Waals surface area contributed by atoms with Crippen LogP contribution in [0.1, 0.15) is 44.1 Å². The highest BCUT2D eigenvalue weighted by molar-refractivity contribution is 5.86. The summed E-state index contributed by atoms with van der Waals surface area (Å²) in [5.41, 5.74) is 7.11. The quantitative estimate of drug-likeness (QED) is 0.862. The Balaban J connectivity index is 0.00000156. The van der Waals surface area contributed by atoms with Crippen LogP contribution in [0.2, 0.25) is 0 Å². The van der Waals surface area contributed by atoms with Gasteiger partial charge in [0, 0.05) is 32.7 Å². The van der Waals surface area contributed by atoms with Crippen molar-refractivity contribution in [1.29, 1.82) is 0 Å². The molecule has 1 aromatic rings. The number of hydrogen-bond acceptors (Lipinski definition) is 3. The Labute approximate surface area is 163 Å². The number of benzene rings is 1. The molecule has 1 aromatic carbocycles. The molecule has 1 aliphatic carbocycles. The van der Waals surface area contributed by atoms with E-state index >= 15 is 0 Å². The Morgan fingerprint density at radius 2 is 1.72 bits per heavy atom. The molecule has 6 heteroatoms. The Morgan fingerprint density at radius 1 is 1.16 bits per heavy atom. The zero-order valence-corrected chi connectivity index (χ0v) is 16.7. The van der Waals surface area contributed by atoms with Crippen molar-refractivity contribution in [3.05, 3.63) is 35.9 Å². The minimum atomic E-state index is -0.587. The summed E-state index contributed by atoms with van der Waals surface area (Å²) in [4.78, 5) is 17.2. The average molecular weight is 388 g/mol. The van der Waals surface area contributed by atoms with Crippen molar-refractivity contribution in [2.45, 2.75) is 56.7 Å². The van der Waals surface area contributed by atoms with Crippen LogP contribution in [0.4, 0.5) is 0 Å². The lowest BCUT2D eigenvalue weighted by Gasteiger charge is -2.39. The van der Waals surface area contributed by atoms with Crippen molar-refractivity contribution in [2.24, 2.45) is 5.73 Å². The summed E-state index contributed by atoms with van der Waals surface area (Å²) in [5, 5.41) is 0. The van der Waals surface area contributed by atoms with E-state index in [4.69, 9.17) is 5.73 Å². The Kier molecular flexibility index (Phi) is 8.69. The number of nitrogens with two attached hydrogens (primary N) is 1. The van der Waals surface area contributed by atoms with E-state index in [1.165, 1.54) is 5.56 Å². The van der Waals surface area contributed by atoms with Crippen LogP contribution in [-0.4, -0.2) is 47.4 Å². The van der Waals surface area contributed by atoms with Crippen molar-refractivity contribution < 1.29 is 4.79 Å². The third-order valence-corrected chi connectivity index (χ3v) is 5.60. The molecule has 142 valence electrons. The lowest BCUT2D eigenvalue weighted by atomic mass is 9.94. The summed E-state index contributed by atoms with van der Waals surface area (Å²) >= 11 is 0. The second kappa shape index (κ2) is 9.77. The highest BCUT2D eigenvalue weighted by Gasteiger charge is 2.40. The molecule has 1 amide bonds. The predicted octanol–water partition coefficient (Wildman–Crippen LogP) is 3.22. The third-order valence-electron chi connectivity index (χ3n) is 5.60. The van der Waals surface area contributed by atoms with E-state index in [-0.39, 0.29) is 30.7 Å². The van der Waals surface area contributed by atoms with E-state index < -0.39 is 5.54 Å². The van der Waals surface area contributed by atoms with Gasteiger partial charge in [-0.2, -0.15) is 0 Å². The fourth-order valence-electron chi connectivity index (χ4n) is 4.04. The van der Waals surface area contributed by atoms with E-state index in [9.17, 15) is 4.79 Å². The van der Waals surface area contributed by atoms with Crippen molar-refractivity contribution in [3.8, 4) is 0 Å². The van der Waals surface area contributed by atoms with Gasteiger partial charge in [-0.1, -0.05) is 43.2 Å². The van der Waals surface area contributed by atoms with Crippen molar-refractivity contribution in [2.75, 3.05) is 20.1 Å². The van der Waals surface area contributed by atoms with Gasteiger partial charge in [-0.15, -0.1) is 24.8 Å². The zero-order valence-electron chi connectivity index (χ0n) is 15.0. The number of amides is 1. The molecule has 1 aliphatic heterocycles. The van der Waals surface area contributed by atoms with Gasteiger partial charge in [0.15, 0.2) is 0 Å². The first-order valence-corrected chi connectivity index (χ1v) is 8.91. The van der Waals surface area contributed by atoms with E-state index in [1.54, 1.807) is 0 Å². The number of nitrogens with zero attached hydrogens (tertiary/aromatic N) is 2. The molecule has 3 rings (SSSR count). The number of rotatable bonds is 4. The standard InChI is InChI=1S/C19H29N3O.2ClH/c1-21(18(23)19(20)11-5-6-12-19)17-9-13-22(14-10-17)15-16-7-3-2-4-8-16;;/h2-4,7-8,17H,5-6,9-15,20H2,1H3;2*1H. The minimum Gasteiger partial charge on any atom is -0.341 e. The van der Waals surface area contributed by atoms with Gasteiger partial charge in [0.1, 0.15) is 0 Å². The molecular weight excluding hydrogens is 357 g/mol. The topological polar surface area (TPSA) is 49.6 Å². The molecule has 4 nitrogen and oxygen atoms in total. The molecule has 0 bridgehead atoms. The van der Waals surface area contributed by atoms with Gasteiger partial charge in [-0.3, -0.25) is 9.69 Å². The first kappa shape index (κ1) is 22.2. The molecular formula is C19H31Cl2N3O. The smallest absolute Gasteiger partial charge is 0.242 e. The summed E-state index contributed by atoms with van der Waals surface area (Å²) < 4.78 is 0. The van der Waals surface area contributed by atoms with Crippen LogP contribution in [0, 0.1) is 0 Å². The third kappa shape index (κ3) is 5.33. The van der Waals surface area contributed by atoms with E-state index in [0.717, 1.165) is 58.2 Å². The molecule has 25 heavy (non-hydrogen) atoms. The summed E-state index contributed by atoms with van der Waals surface area (Å²) in [6, 6.07) is 10.9. The fourth-order valence-corrected chi connectivity index (χ4v) is 4.04. The molecule has 1 heterocycles. The molecule has 0 unspecified atom stereocenters. The van der Waals surface area contributed by atoms with Gasteiger partial charge in [0.2, 0.25) is 5.91 Å². The fraction of sp³-hybridized carbons (Fsp3) is 0.632. The van der Waals surface area contributed by atoms with Crippen LogP contribution in [0.5, 0.6) is 0 Å². The summed E-state index contributed by atoms with van der Waals surface area (Å²) in [6.45, 7) is 3.11. The first-order valence-electron chi connectivity index (χ1n) is 8.91. The number of carbonyl (C=O) groups is 1. The van der Waals surface area contributed by atoms with Gasteiger partial charge >= 0.3 is 0 Å². The maximum atomic E-state index is 12.7. The molecule has 0 aromatic heterocycles. The van der Waals surface area contributed by atoms with E-state index in [2.05, 4.69) is 35.2 Å². The van der Waals surface area contributed by atoms with Crippen molar-refractivity contribution >= 4 is 30.7 Å². The Morgan fingerprint density at radius 3 is 2.28 bits per heavy atom. The largest absolute Gasteiger partial charge is 0.341 e. The predicted molar refractivity (Wildman–Crippen MR) is 107 cm³/mol. The second-order valence-electron chi connectivity index (χ2n) is 7.27. The molecule has 1 saturated carbocycles. The Bertz CT molecular complexity index is 527. The summed E-state index contributed by atoms with van der Waals surface area (Å²) in [5.74, 6) is 0.163. The van der Waals surface area contributed by atoms with E-state index in [0.29, 0.717) is 6.04 Å². The lowest BCUT2D eigenvalue weighted by molar-refractivity contribution is -0.138. The molecule has 2 aliphatic rings. The minimum absolute atomic E-state index is 0. The highest BCUT2D eigenvalue weighted by atomic mass is 35.5.